The van der Waals surface area contributed by atoms with Gasteiger partial charge in [0.25, 0.3) is 0 Å². The van der Waals surface area contributed by atoms with Crippen molar-refractivity contribution in [3.8, 4) is 34.5 Å². The standard InChI is InChI=1S/C30H36N2O10.Eu/c1-37-25-7-3-5-21(29(25)35)19-31-23-17-27(41-15-13-39-11-9-33)28(42-16-14-40-12-10-34)18-24(23)32-20-22-6-4-8-26(38-2)30(22)36;/h3-8,17-20,33-36H,9-16H2,1-2H3;/q;+3. The Hall–Kier alpha value is -2.78. The molecule has 0 aliphatic carbocycles. The minimum atomic E-state index is -0.103. The van der Waals surface area contributed by atoms with Crippen LogP contribution in [0, 0.1) is 49.4 Å². The molecule has 3 rings (SSSR count). The number of nitrogens with zero attached hydrogens (tertiary/aromatic N) is 2. The molecule has 0 aliphatic heterocycles. The van der Waals surface area contributed by atoms with Crippen molar-refractivity contribution in [2.45, 2.75) is 0 Å². The van der Waals surface area contributed by atoms with Gasteiger partial charge in [0.2, 0.25) is 0 Å². The molecular weight excluding hydrogens is 700 g/mol. The van der Waals surface area contributed by atoms with Gasteiger partial charge in [-0.2, -0.15) is 0 Å². The largest absolute Gasteiger partial charge is 3.00 e. The summed E-state index contributed by atoms with van der Waals surface area (Å²) in [4.78, 5) is 9.14. The minimum Gasteiger partial charge on any atom is -0.504 e. The van der Waals surface area contributed by atoms with Crippen LogP contribution in [-0.4, -0.2) is 99.9 Å². The van der Waals surface area contributed by atoms with E-state index in [1.165, 1.54) is 26.6 Å². The van der Waals surface area contributed by atoms with E-state index in [1.54, 1.807) is 48.5 Å². The molecule has 0 atom stereocenters. The molecule has 43 heavy (non-hydrogen) atoms. The zero-order valence-corrected chi connectivity index (χ0v) is 26.4. The van der Waals surface area contributed by atoms with E-state index < -0.39 is 0 Å². The van der Waals surface area contributed by atoms with Crippen LogP contribution in [-0.2, 0) is 9.47 Å². The number of ether oxygens (including phenoxy) is 6. The second kappa shape index (κ2) is 20.2. The van der Waals surface area contributed by atoms with Gasteiger partial charge in [0.05, 0.1) is 65.2 Å². The van der Waals surface area contributed by atoms with E-state index in [2.05, 4.69) is 9.98 Å². The van der Waals surface area contributed by atoms with Gasteiger partial charge in [-0.25, -0.2) is 0 Å². The zero-order chi connectivity index (χ0) is 30.2. The first-order valence-corrected chi connectivity index (χ1v) is 13.1. The van der Waals surface area contributed by atoms with Crippen LogP contribution in [0.1, 0.15) is 11.1 Å². The van der Waals surface area contributed by atoms with Crippen LogP contribution < -0.4 is 18.9 Å². The number of hydrogen-bond acceptors (Lipinski definition) is 12. The van der Waals surface area contributed by atoms with Gasteiger partial charge in [-0.05, 0) is 24.3 Å². The number of rotatable bonds is 18. The summed E-state index contributed by atoms with van der Waals surface area (Å²) in [7, 11) is 2.91. The second-order valence-corrected chi connectivity index (χ2v) is 8.47. The summed E-state index contributed by atoms with van der Waals surface area (Å²) >= 11 is 0. The third-order valence-electron chi connectivity index (χ3n) is 5.67. The Balaban J connectivity index is 0.00000645. The van der Waals surface area contributed by atoms with Gasteiger partial charge in [-0.3, -0.25) is 9.98 Å². The molecule has 3 aromatic rings. The fraction of sp³-hybridized carbons (Fsp3) is 0.333. The van der Waals surface area contributed by atoms with Gasteiger partial charge >= 0.3 is 49.4 Å². The van der Waals surface area contributed by atoms with Gasteiger partial charge in [0.1, 0.15) is 13.2 Å². The predicted octanol–water partition coefficient (Wildman–Crippen LogP) is 3.39. The molecule has 0 fully saturated rings. The fourth-order valence-corrected chi connectivity index (χ4v) is 3.62. The normalized spacial score (nSPS) is 11.1. The first-order chi connectivity index (χ1) is 20.5. The van der Waals surface area contributed by atoms with Crippen LogP contribution in [0.25, 0.3) is 0 Å². The molecular formula is C30H36EuN2O10+3. The number of methoxy groups -OCH3 is 2. The van der Waals surface area contributed by atoms with Gasteiger partial charge in [-0.1, -0.05) is 12.1 Å². The van der Waals surface area contributed by atoms with E-state index in [-0.39, 0.29) is 114 Å². The van der Waals surface area contributed by atoms with Crippen molar-refractivity contribution in [3.05, 3.63) is 59.7 Å². The van der Waals surface area contributed by atoms with Crippen LogP contribution in [0.2, 0.25) is 0 Å². The van der Waals surface area contributed by atoms with E-state index in [9.17, 15) is 10.2 Å². The first kappa shape index (κ1) is 36.4. The minimum absolute atomic E-state index is 0. The number of para-hydroxylation sites is 2. The molecule has 0 saturated heterocycles. The van der Waals surface area contributed by atoms with E-state index in [4.69, 9.17) is 38.6 Å². The number of phenols is 2. The van der Waals surface area contributed by atoms with E-state index >= 15 is 0 Å². The quantitative estimate of drug-likeness (QED) is 0.113. The van der Waals surface area contributed by atoms with Crippen LogP contribution in [0.3, 0.4) is 0 Å². The third-order valence-corrected chi connectivity index (χ3v) is 5.67. The second-order valence-electron chi connectivity index (χ2n) is 8.47. The van der Waals surface area contributed by atoms with Gasteiger partial charge < -0.3 is 48.8 Å². The molecule has 0 bridgehead atoms. The molecule has 0 aromatic heterocycles. The summed E-state index contributed by atoms with van der Waals surface area (Å²) in [5, 5.41) is 38.9. The molecule has 0 heterocycles. The van der Waals surface area contributed by atoms with E-state index in [0.29, 0.717) is 45.5 Å². The number of phenolic OH excluding ortho intramolecular Hbond substituents is 2. The van der Waals surface area contributed by atoms with Crippen molar-refractivity contribution >= 4 is 23.8 Å². The Morgan fingerprint density at radius 1 is 0.605 bits per heavy atom. The average Bonchev–Trinajstić information content (AvgIpc) is 3.00. The summed E-state index contributed by atoms with van der Waals surface area (Å²) in [6, 6.07) is 13.3. The third kappa shape index (κ3) is 11.3. The van der Waals surface area contributed by atoms with Gasteiger partial charge in [0.15, 0.2) is 34.5 Å². The zero-order valence-electron chi connectivity index (χ0n) is 23.9. The van der Waals surface area contributed by atoms with E-state index in [0.717, 1.165) is 0 Å². The van der Waals surface area contributed by atoms with Gasteiger partial charge in [-0.15, -0.1) is 0 Å². The number of aromatic hydroxyl groups is 2. The molecule has 0 spiro atoms. The maximum atomic E-state index is 10.5. The number of hydrogen-bond donors (Lipinski definition) is 4. The molecule has 12 nitrogen and oxygen atoms in total. The summed E-state index contributed by atoms with van der Waals surface area (Å²) in [5.74, 6) is 1.13. The Bertz CT molecular complexity index is 1240. The Kier molecular flexibility index (Phi) is 17.1. The van der Waals surface area contributed by atoms with Crippen molar-refractivity contribution in [3.63, 3.8) is 0 Å². The monoisotopic (exact) mass is 737 g/mol. The number of aliphatic hydroxyl groups is 2. The Morgan fingerprint density at radius 2 is 1.02 bits per heavy atom. The topological polar surface area (TPSA) is 161 Å². The maximum absolute atomic E-state index is 10.5. The van der Waals surface area contributed by atoms with Crippen molar-refractivity contribution < 1.29 is 98.2 Å². The molecule has 4 N–H and O–H groups in total. The number of benzene rings is 3. The van der Waals surface area contributed by atoms with Crippen LogP contribution in [0.5, 0.6) is 34.5 Å². The van der Waals surface area contributed by atoms with Crippen LogP contribution >= 0.6 is 0 Å². The van der Waals surface area contributed by atoms with Crippen molar-refractivity contribution in [2.75, 3.05) is 67.1 Å². The van der Waals surface area contributed by atoms with Crippen LogP contribution in [0.4, 0.5) is 11.4 Å². The molecule has 0 aliphatic rings. The molecule has 230 valence electrons. The number of aliphatic imine (C=N–C) groups is 2. The number of aliphatic hydroxyl groups excluding tert-OH is 2. The predicted molar refractivity (Wildman–Crippen MR) is 157 cm³/mol. The summed E-state index contributed by atoms with van der Waals surface area (Å²) in [6.45, 7) is 0.935. The smallest absolute Gasteiger partial charge is 0.504 e. The maximum Gasteiger partial charge on any atom is 3.00 e. The summed E-state index contributed by atoms with van der Waals surface area (Å²) in [5.41, 5.74) is 1.56. The Labute approximate surface area is 291 Å². The molecule has 3 aromatic carbocycles. The SMILES string of the molecule is COc1cccc(C=Nc2cc(OCCOCCO)c(OCCOCCO)cc2N=Cc2cccc(OC)c2O)c1O.[Eu+3]. The van der Waals surface area contributed by atoms with Crippen molar-refractivity contribution in [1.82, 2.24) is 0 Å². The Morgan fingerprint density at radius 3 is 1.40 bits per heavy atom. The molecule has 0 saturated carbocycles. The van der Waals surface area contributed by atoms with Crippen molar-refractivity contribution in [1.29, 1.82) is 0 Å². The first-order valence-electron chi connectivity index (χ1n) is 13.1. The summed E-state index contributed by atoms with van der Waals surface area (Å²) < 4.78 is 32.8. The fourth-order valence-electron chi connectivity index (χ4n) is 3.62. The average molecular weight is 737 g/mol. The molecule has 0 radical (unpaired) electrons. The van der Waals surface area contributed by atoms with E-state index in [1.807, 2.05) is 0 Å². The molecule has 0 unspecified atom stereocenters. The van der Waals surface area contributed by atoms with Crippen LogP contribution in [0.15, 0.2) is 58.5 Å². The van der Waals surface area contributed by atoms with Crippen molar-refractivity contribution in [2.24, 2.45) is 9.98 Å². The summed E-state index contributed by atoms with van der Waals surface area (Å²) in [6.07, 6.45) is 2.93. The molecule has 0 amide bonds. The van der Waals surface area contributed by atoms with Gasteiger partial charge in [0, 0.05) is 35.7 Å². The molecule has 13 heteroatoms.